The third kappa shape index (κ3) is 2.75. The third-order valence-electron chi connectivity index (χ3n) is 4.47. The number of hydrogen-bond donors (Lipinski definition) is 1. The van der Waals surface area contributed by atoms with Crippen LogP contribution >= 0.6 is 11.8 Å². The van der Waals surface area contributed by atoms with E-state index in [1.54, 1.807) is 5.56 Å². The van der Waals surface area contributed by atoms with Crippen molar-refractivity contribution < 1.29 is 0 Å². The summed E-state index contributed by atoms with van der Waals surface area (Å²) in [6.07, 6.45) is 9.25. The lowest BCUT2D eigenvalue weighted by Crippen LogP contribution is -2.43. The smallest absolute Gasteiger partial charge is 0.0281 e. The minimum Gasteiger partial charge on any atom is -0.311 e. The SMILES string of the molecule is CSC1(CNCc2cccc(C3CC3)c2)CCC1. The van der Waals surface area contributed by atoms with Crippen LogP contribution in [-0.4, -0.2) is 17.5 Å². The molecule has 2 aliphatic rings. The molecule has 0 amide bonds. The predicted molar refractivity (Wildman–Crippen MR) is 80.2 cm³/mol. The first-order chi connectivity index (χ1) is 8.81. The lowest BCUT2D eigenvalue weighted by Gasteiger charge is -2.40. The molecule has 2 fully saturated rings. The van der Waals surface area contributed by atoms with E-state index in [0.29, 0.717) is 4.75 Å². The van der Waals surface area contributed by atoms with Crippen molar-refractivity contribution in [2.45, 2.75) is 49.3 Å². The van der Waals surface area contributed by atoms with Gasteiger partial charge in [-0.15, -0.1) is 0 Å². The quantitative estimate of drug-likeness (QED) is 0.832. The second kappa shape index (κ2) is 5.26. The van der Waals surface area contributed by atoms with E-state index < -0.39 is 0 Å². The molecule has 2 saturated carbocycles. The van der Waals surface area contributed by atoms with Crippen LogP contribution in [0.4, 0.5) is 0 Å². The lowest BCUT2D eigenvalue weighted by molar-refractivity contribution is 0.345. The van der Waals surface area contributed by atoms with Crippen LogP contribution in [0.5, 0.6) is 0 Å². The van der Waals surface area contributed by atoms with Crippen molar-refractivity contribution in [3.05, 3.63) is 35.4 Å². The van der Waals surface area contributed by atoms with Crippen molar-refractivity contribution in [2.24, 2.45) is 0 Å². The molecule has 0 atom stereocenters. The molecular formula is C16H23NS. The van der Waals surface area contributed by atoms with Gasteiger partial charge in [0.2, 0.25) is 0 Å². The Kier molecular flexibility index (Phi) is 3.67. The number of nitrogens with one attached hydrogen (secondary N) is 1. The molecular weight excluding hydrogens is 238 g/mol. The Labute approximate surface area is 115 Å². The summed E-state index contributed by atoms with van der Waals surface area (Å²) in [4.78, 5) is 0. The van der Waals surface area contributed by atoms with Gasteiger partial charge in [0.25, 0.3) is 0 Å². The number of hydrogen-bond acceptors (Lipinski definition) is 2. The van der Waals surface area contributed by atoms with Gasteiger partial charge in [-0.3, -0.25) is 0 Å². The molecule has 0 heterocycles. The Morgan fingerprint density at radius 1 is 1.33 bits per heavy atom. The van der Waals surface area contributed by atoms with Crippen LogP contribution in [0.1, 0.15) is 49.1 Å². The average Bonchev–Trinajstić information content (AvgIpc) is 3.17. The fourth-order valence-electron chi connectivity index (χ4n) is 2.83. The van der Waals surface area contributed by atoms with Crippen molar-refractivity contribution in [3.8, 4) is 0 Å². The second-order valence-electron chi connectivity index (χ2n) is 5.86. The molecule has 18 heavy (non-hydrogen) atoms. The van der Waals surface area contributed by atoms with Gasteiger partial charge >= 0.3 is 0 Å². The van der Waals surface area contributed by atoms with E-state index >= 15 is 0 Å². The molecule has 0 saturated heterocycles. The molecule has 0 bridgehead atoms. The molecule has 0 radical (unpaired) electrons. The number of rotatable bonds is 6. The zero-order valence-electron chi connectivity index (χ0n) is 11.2. The first-order valence-corrected chi connectivity index (χ1v) is 8.38. The molecule has 1 N–H and O–H groups in total. The lowest BCUT2D eigenvalue weighted by atomic mass is 9.84. The third-order valence-corrected chi connectivity index (χ3v) is 5.89. The Balaban J connectivity index is 1.51. The molecule has 0 unspecified atom stereocenters. The van der Waals surface area contributed by atoms with E-state index in [1.807, 2.05) is 11.8 Å². The van der Waals surface area contributed by atoms with Crippen LogP contribution in [0.25, 0.3) is 0 Å². The largest absolute Gasteiger partial charge is 0.311 e. The summed E-state index contributed by atoms with van der Waals surface area (Å²) in [6.45, 7) is 2.20. The molecule has 0 aromatic heterocycles. The van der Waals surface area contributed by atoms with Gasteiger partial charge in [-0.2, -0.15) is 11.8 Å². The maximum atomic E-state index is 3.66. The second-order valence-corrected chi connectivity index (χ2v) is 7.14. The van der Waals surface area contributed by atoms with Gasteiger partial charge in [0.1, 0.15) is 0 Å². The summed E-state index contributed by atoms with van der Waals surface area (Å²) in [5, 5.41) is 3.66. The number of benzene rings is 1. The van der Waals surface area contributed by atoms with Crippen molar-refractivity contribution >= 4 is 11.8 Å². The van der Waals surface area contributed by atoms with Gasteiger partial charge in [-0.1, -0.05) is 30.7 Å². The summed E-state index contributed by atoms with van der Waals surface area (Å²) < 4.78 is 0.550. The molecule has 1 aromatic rings. The van der Waals surface area contributed by atoms with Crippen molar-refractivity contribution in [1.29, 1.82) is 0 Å². The minimum atomic E-state index is 0.550. The molecule has 2 heteroatoms. The van der Waals surface area contributed by atoms with E-state index in [-0.39, 0.29) is 0 Å². The monoisotopic (exact) mass is 261 g/mol. The normalized spacial score (nSPS) is 21.6. The van der Waals surface area contributed by atoms with Crippen molar-refractivity contribution in [2.75, 3.05) is 12.8 Å². The van der Waals surface area contributed by atoms with Crippen LogP contribution in [0.15, 0.2) is 24.3 Å². The van der Waals surface area contributed by atoms with Crippen molar-refractivity contribution in [1.82, 2.24) is 5.32 Å². The van der Waals surface area contributed by atoms with Gasteiger partial charge < -0.3 is 5.32 Å². The van der Waals surface area contributed by atoms with Crippen LogP contribution in [-0.2, 0) is 6.54 Å². The molecule has 2 aliphatic carbocycles. The first kappa shape index (κ1) is 12.6. The van der Waals surface area contributed by atoms with Crippen LogP contribution in [0.3, 0.4) is 0 Å². The fraction of sp³-hybridized carbons (Fsp3) is 0.625. The maximum absolute atomic E-state index is 3.66. The van der Waals surface area contributed by atoms with E-state index in [2.05, 4.69) is 35.8 Å². The summed E-state index contributed by atoms with van der Waals surface area (Å²) in [5.41, 5.74) is 3.01. The Morgan fingerprint density at radius 3 is 2.78 bits per heavy atom. The van der Waals surface area contributed by atoms with Crippen LogP contribution in [0, 0.1) is 0 Å². The number of thioether (sulfide) groups is 1. The molecule has 0 spiro atoms. The summed E-state index contributed by atoms with van der Waals surface area (Å²) in [7, 11) is 0. The van der Waals surface area contributed by atoms with Gasteiger partial charge in [0, 0.05) is 17.8 Å². The van der Waals surface area contributed by atoms with Gasteiger partial charge in [0.15, 0.2) is 0 Å². The zero-order chi connectivity index (χ0) is 12.4. The molecule has 1 aromatic carbocycles. The molecule has 3 rings (SSSR count). The molecule has 0 aliphatic heterocycles. The Morgan fingerprint density at radius 2 is 2.17 bits per heavy atom. The summed E-state index contributed by atoms with van der Waals surface area (Å²) >= 11 is 2.05. The summed E-state index contributed by atoms with van der Waals surface area (Å²) in [6, 6.07) is 9.16. The van der Waals surface area contributed by atoms with Crippen LogP contribution in [0.2, 0.25) is 0 Å². The fourth-order valence-corrected chi connectivity index (χ4v) is 3.78. The highest BCUT2D eigenvalue weighted by Crippen LogP contribution is 2.42. The highest BCUT2D eigenvalue weighted by Gasteiger charge is 2.35. The van der Waals surface area contributed by atoms with Gasteiger partial charge in [-0.05, 0) is 49.0 Å². The summed E-state index contributed by atoms with van der Waals surface area (Å²) in [5.74, 6) is 0.870. The van der Waals surface area contributed by atoms with Gasteiger partial charge in [-0.25, -0.2) is 0 Å². The zero-order valence-corrected chi connectivity index (χ0v) is 12.1. The van der Waals surface area contributed by atoms with E-state index in [1.165, 1.54) is 44.2 Å². The Bertz CT molecular complexity index is 402. The average molecular weight is 261 g/mol. The molecule has 1 nitrogen and oxygen atoms in total. The molecule has 98 valence electrons. The van der Waals surface area contributed by atoms with Gasteiger partial charge in [0.05, 0.1) is 0 Å². The van der Waals surface area contributed by atoms with E-state index in [0.717, 1.165) is 12.5 Å². The highest BCUT2D eigenvalue weighted by atomic mass is 32.2. The first-order valence-electron chi connectivity index (χ1n) is 7.16. The topological polar surface area (TPSA) is 12.0 Å². The van der Waals surface area contributed by atoms with Crippen molar-refractivity contribution in [3.63, 3.8) is 0 Å². The van der Waals surface area contributed by atoms with Crippen LogP contribution < -0.4 is 5.32 Å². The maximum Gasteiger partial charge on any atom is 0.0281 e. The predicted octanol–water partition coefficient (Wildman–Crippen LogP) is 3.94. The van der Waals surface area contributed by atoms with E-state index in [9.17, 15) is 0 Å². The standard InChI is InChI=1S/C16H23NS/c1-18-16(8-3-9-16)12-17-11-13-4-2-5-15(10-13)14-6-7-14/h2,4-5,10,14,17H,3,6-9,11-12H2,1H3. The Hall–Kier alpha value is -0.470. The van der Waals surface area contributed by atoms with E-state index in [4.69, 9.17) is 0 Å². The highest BCUT2D eigenvalue weighted by molar-refractivity contribution is 8.00. The minimum absolute atomic E-state index is 0.550.